The molecule has 0 radical (unpaired) electrons. The Labute approximate surface area is 134 Å². The van der Waals surface area contributed by atoms with Crippen LogP contribution >= 0.6 is 0 Å². The number of hydrogen-bond acceptors (Lipinski definition) is 5. The number of carbonyl (C=O) groups is 2. The van der Waals surface area contributed by atoms with Crippen LogP contribution < -0.4 is 0 Å². The first-order chi connectivity index (χ1) is 11.1. The van der Waals surface area contributed by atoms with Crippen molar-refractivity contribution in [2.45, 2.75) is 19.1 Å². The van der Waals surface area contributed by atoms with Crippen LogP contribution in [0.3, 0.4) is 0 Å². The van der Waals surface area contributed by atoms with Gasteiger partial charge >= 0.3 is 11.9 Å². The Kier molecular flexibility index (Phi) is 5.87. The van der Waals surface area contributed by atoms with Crippen molar-refractivity contribution in [1.29, 1.82) is 0 Å². The minimum absolute atomic E-state index is 0.191. The van der Waals surface area contributed by atoms with Crippen molar-refractivity contribution in [3.8, 4) is 0 Å². The first kappa shape index (κ1) is 17.1. The molecular weight excluding hydrogens is 303 g/mol. The van der Waals surface area contributed by atoms with Gasteiger partial charge in [0.05, 0.1) is 38.7 Å². The zero-order valence-electron chi connectivity index (χ0n) is 13.0. The quantitative estimate of drug-likeness (QED) is 0.779. The summed E-state index contributed by atoms with van der Waals surface area (Å²) < 4.78 is 29.0. The first-order valence-electron chi connectivity index (χ1n) is 7.24. The van der Waals surface area contributed by atoms with E-state index >= 15 is 0 Å². The van der Waals surface area contributed by atoms with E-state index in [9.17, 15) is 14.0 Å². The van der Waals surface area contributed by atoms with Crippen LogP contribution in [0.1, 0.15) is 12.0 Å². The Morgan fingerprint density at radius 1 is 1.13 bits per heavy atom. The molecule has 0 bridgehead atoms. The maximum Gasteiger partial charge on any atom is 0.312 e. The van der Waals surface area contributed by atoms with Crippen LogP contribution in [0.25, 0.3) is 0 Å². The van der Waals surface area contributed by atoms with E-state index in [2.05, 4.69) is 4.74 Å². The summed E-state index contributed by atoms with van der Waals surface area (Å²) in [6.45, 7) is 0.191. The van der Waals surface area contributed by atoms with Crippen molar-refractivity contribution in [3.05, 3.63) is 47.8 Å². The van der Waals surface area contributed by atoms with E-state index < -0.39 is 35.7 Å². The summed E-state index contributed by atoms with van der Waals surface area (Å²) in [6.07, 6.45) is 0.141. The summed E-state index contributed by atoms with van der Waals surface area (Å²) in [4.78, 5) is 23.9. The van der Waals surface area contributed by atoms with E-state index in [0.717, 1.165) is 5.56 Å². The smallest absolute Gasteiger partial charge is 0.312 e. The number of rotatable bonds is 5. The van der Waals surface area contributed by atoms with E-state index in [1.54, 1.807) is 0 Å². The van der Waals surface area contributed by atoms with Gasteiger partial charge in [-0.1, -0.05) is 30.3 Å². The molecule has 1 aromatic carbocycles. The molecule has 23 heavy (non-hydrogen) atoms. The van der Waals surface area contributed by atoms with Crippen molar-refractivity contribution in [3.63, 3.8) is 0 Å². The van der Waals surface area contributed by atoms with Gasteiger partial charge in [0, 0.05) is 6.42 Å². The largest absolute Gasteiger partial charge is 0.469 e. The molecule has 5 nitrogen and oxygen atoms in total. The van der Waals surface area contributed by atoms with Gasteiger partial charge in [0.15, 0.2) is 0 Å². The number of esters is 2. The van der Waals surface area contributed by atoms with Gasteiger partial charge < -0.3 is 14.2 Å². The molecule has 0 unspecified atom stereocenters. The summed E-state index contributed by atoms with van der Waals surface area (Å²) in [5.74, 6) is -3.67. The van der Waals surface area contributed by atoms with E-state index in [-0.39, 0.29) is 13.0 Å². The molecule has 0 spiro atoms. The molecule has 1 aliphatic rings. The Hall–Kier alpha value is -2.21. The minimum Gasteiger partial charge on any atom is -0.469 e. The van der Waals surface area contributed by atoms with Gasteiger partial charge in [-0.15, -0.1) is 0 Å². The lowest BCUT2D eigenvalue weighted by Gasteiger charge is -2.31. The van der Waals surface area contributed by atoms with Gasteiger partial charge in [0.2, 0.25) is 0 Å². The molecule has 124 valence electrons. The zero-order chi connectivity index (χ0) is 16.8. The highest BCUT2D eigenvalue weighted by atomic mass is 19.1. The van der Waals surface area contributed by atoms with Crippen molar-refractivity contribution in [2.24, 2.45) is 11.8 Å². The monoisotopic (exact) mass is 322 g/mol. The lowest BCUT2D eigenvalue weighted by atomic mass is 9.80. The summed E-state index contributed by atoms with van der Waals surface area (Å²) in [7, 11) is 2.42. The summed E-state index contributed by atoms with van der Waals surface area (Å²) in [5.41, 5.74) is 0.880. The predicted molar refractivity (Wildman–Crippen MR) is 79.8 cm³/mol. The molecule has 3 atom stereocenters. The SMILES string of the molecule is COC(=O)[C@H]1[C@H](OCc2ccccc2)C=C(F)C[C@H]1C(=O)OC. The molecule has 0 fully saturated rings. The summed E-state index contributed by atoms with van der Waals surface area (Å²) >= 11 is 0. The third kappa shape index (κ3) is 4.16. The Bertz CT molecular complexity index is 584. The van der Waals surface area contributed by atoms with Crippen LogP contribution in [-0.4, -0.2) is 32.3 Å². The maximum absolute atomic E-state index is 13.9. The standard InChI is InChI=1S/C17H19FO5/c1-21-16(19)13-8-12(18)9-14(15(13)17(20)22-2)23-10-11-6-4-3-5-7-11/h3-7,9,13-15H,8,10H2,1-2H3/t13-,14-,15-/m1/s1. The molecule has 1 aromatic rings. The molecule has 0 heterocycles. The number of hydrogen-bond donors (Lipinski definition) is 0. The van der Waals surface area contributed by atoms with E-state index in [4.69, 9.17) is 9.47 Å². The average molecular weight is 322 g/mol. The number of halogens is 1. The number of benzene rings is 1. The highest BCUT2D eigenvalue weighted by molar-refractivity contribution is 5.83. The van der Waals surface area contributed by atoms with Crippen molar-refractivity contribution >= 4 is 11.9 Å². The molecule has 0 N–H and O–H groups in total. The third-order valence-electron chi connectivity index (χ3n) is 3.81. The molecule has 6 heteroatoms. The first-order valence-corrected chi connectivity index (χ1v) is 7.24. The number of carbonyl (C=O) groups excluding carboxylic acids is 2. The average Bonchev–Trinajstić information content (AvgIpc) is 2.58. The van der Waals surface area contributed by atoms with Crippen LogP contribution in [0, 0.1) is 11.8 Å². The Balaban J connectivity index is 2.20. The lowest BCUT2D eigenvalue weighted by molar-refractivity contribution is -0.164. The maximum atomic E-state index is 13.9. The second-order valence-electron chi connectivity index (χ2n) is 5.26. The van der Waals surface area contributed by atoms with Gasteiger partial charge in [0.1, 0.15) is 5.92 Å². The summed E-state index contributed by atoms with van der Waals surface area (Å²) in [5, 5.41) is 0. The molecule has 2 rings (SSSR count). The van der Waals surface area contributed by atoms with Crippen molar-refractivity contribution < 1.29 is 28.2 Å². The fraction of sp³-hybridized carbons (Fsp3) is 0.412. The molecular formula is C17H19FO5. The molecule has 0 saturated carbocycles. The number of methoxy groups -OCH3 is 2. The molecule has 0 aromatic heterocycles. The van der Waals surface area contributed by atoms with Gasteiger partial charge in [-0.3, -0.25) is 9.59 Å². The highest BCUT2D eigenvalue weighted by Crippen LogP contribution is 2.34. The van der Waals surface area contributed by atoms with Gasteiger partial charge in [-0.05, 0) is 11.6 Å². The fourth-order valence-electron chi connectivity index (χ4n) is 2.65. The second kappa shape index (κ2) is 7.87. The Morgan fingerprint density at radius 2 is 1.78 bits per heavy atom. The molecule has 1 aliphatic carbocycles. The number of ether oxygens (including phenoxy) is 3. The molecule has 0 amide bonds. The molecule has 0 aliphatic heterocycles. The topological polar surface area (TPSA) is 61.8 Å². The predicted octanol–water partition coefficient (Wildman–Crippen LogP) is 2.41. The van der Waals surface area contributed by atoms with Gasteiger partial charge in [-0.25, -0.2) is 4.39 Å². The number of allylic oxidation sites excluding steroid dienone is 1. The lowest BCUT2D eigenvalue weighted by Crippen LogP contribution is -2.42. The van der Waals surface area contributed by atoms with Crippen LogP contribution in [-0.2, 0) is 30.4 Å². The van der Waals surface area contributed by atoms with Crippen LogP contribution in [0.5, 0.6) is 0 Å². The normalized spacial score (nSPS) is 23.8. The minimum atomic E-state index is -0.960. The van der Waals surface area contributed by atoms with Crippen LogP contribution in [0.4, 0.5) is 4.39 Å². The third-order valence-corrected chi connectivity index (χ3v) is 3.81. The van der Waals surface area contributed by atoms with Gasteiger partial charge in [0.25, 0.3) is 0 Å². The van der Waals surface area contributed by atoms with Crippen LogP contribution in [0.2, 0.25) is 0 Å². The molecule has 0 saturated heterocycles. The van der Waals surface area contributed by atoms with E-state index in [1.807, 2.05) is 30.3 Å². The Morgan fingerprint density at radius 3 is 2.39 bits per heavy atom. The van der Waals surface area contributed by atoms with Gasteiger partial charge in [-0.2, -0.15) is 0 Å². The van der Waals surface area contributed by atoms with Crippen molar-refractivity contribution in [2.75, 3.05) is 14.2 Å². The van der Waals surface area contributed by atoms with Crippen LogP contribution in [0.15, 0.2) is 42.2 Å². The fourth-order valence-corrected chi connectivity index (χ4v) is 2.65. The van der Waals surface area contributed by atoms with E-state index in [1.165, 1.54) is 20.3 Å². The van der Waals surface area contributed by atoms with Crippen molar-refractivity contribution in [1.82, 2.24) is 0 Å². The second-order valence-corrected chi connectivity index (χ2v) is 5.26. The highest BCUT2D eigenvalue weighted by Gasteiger charge is 2.44. The van der Waals surface area contributed by atoms with E-state index in [0.29, 0.717) is 0 Å². The summed E-state index contributed by atoms with van der Waals surface area (Å²) in [6, 6.07) is 9.28. The zero-order valence-corrected chi connectivity index (χ0v) is 13.0.